The molecule has 0 aliphatic carbocycles. The Kier molecular flexibility index (Phi) is 36.2. The Morgan fingerprint density at radius 2 is 1.43 bits per heavy atom. The van der Waals surface area contributed by atoms with E-state index in [0.717, 1.165) is 13.2 Å². The molecule has 0 amide bonds. The van der Waals surface area contributed by atoms with Gasteiger partial charge < -0.3 is 4.74 Å². The summed E-state index contributed by atoms with van der Waals surface area (Å²) in [7, 11) is 0. The molecule has 0 atom stereocenters. The van der Waals surface area contributed by atoms with Gasteiger partial charge in [0.25, 0.3) is 0 Å². The maximum Gasteiger partial charge on any atom is 2.00 e. The molecule has 32 valence electrons. The SMILES string of the molecule is CCOCC.[Ca+2].[Na+]. The summed E-state index contributed by atoms with van der Waals surface area (Å²) in [6, 6.07) is 0. The summed E-state index contributed by atoms with van der Waals surface area (Å²) in [4.78, 5) is 0. The van der Waals surface area contributed by atoms with Gasteiger partial charge >= 0.3 is 67.3 Å². The molecule has 3 heteroatoms. The van der Waals surface area contributed by atoms with E-state index in [0.29, 0.717) is 0 Å². The molecule has 0 aliphatic heterocycles. The van der Waals surface area contributed by atoms with Crippen molar-refractivity contribution in [2.75, 3.05) is 13.2 Å². The first-order chi connectivity index (χ1) is 2.41. The van der Waals surface area contributed by atoms with E-state index >= 15 is 0 Å². The maximum atomic E-state index is 4.83. The third-order valence-corrected chi connectivity index (χ3v) is 0.408. The zero-order chi connectivity index (χ0) is 4.12. The smallest absolute Gasteiger partial charge is 0.382 e. The summed E-state index contributed by atoms with van der Waals surface area (Å²) in [5, 5.41) is 0. The van der Waals surface area contributed by atoms with E-state index in [1.54, 1.807) is 0 Å². The van der Waals surface area contributed by atoms with Crippen molar-refractivity contribution in [2.45, 2.75) is 13.8 Å². The Hall–Kier alpha value is 2.22. The average molecular weight is 137 g/mol. The van der Waals surface area contributed by atoms with E-state index in [1.807, 2.05) is 13.8 Å². The van der Waals surface area contributed by atoms with Gasteiger partial charge in [0.2, 0.25) is 0 Å². The normalized spacial score (nSPS) is 6.00. The standard InChI is InChI=1S/C4H10O.Ca.Na/c1-3-5-4-2;;/h3-4H2,1-2H3;;/q;+2;+1. The molecule has 0 saturated carbocycles. The Morgan fingerprint density at radius 1 is 1.14 bits per heavy atom. The monoisotopic (exact) mass is 137 g/mol. The second kappa shape index (κ2) is 15.7. The molecule has 0 bridgehead atoms. The van der Waals surface area contributed by atoms with Gasteiger partial charge in [-0.25, -0.2) is 0 Å². The molecule has 0 saturated heterocycles. The van der Waals surface area contributed by atoms with Crippen LogP contribution in [0.5, 0.6) is 0 Å². The average Bonchev–Trinajstić information content (AvgIpc) is 1.41. The van der Waals surface area contributed by atoms with Crippen LogP contribution < -0.4 is 29.6 Å². The van der Waals surface area contributed by atoms with Crippen LogP contribution in [0.25, 0.3) is 0 Å². The number of rotatable bonds is 2. The molecule has 0 aliphatic rings. The van der Waals surface area contributed by atoms with Gasteiger partial charge in [-0.15, -0.1) is 0 Å². The van der Waals surface area contributed by atoms with Crippen molar-refractivity contribution >= 4 is 37.7 Å². The van der Waals surface area contributed by atoms with Gasteiger partial charge in [0.15, 0.2) is 0 Å². The van der Waals surface area contributed by atoms with Gasteiger partial charge in [0.05, 0.1) is 0 Å². The summed E-state index contributed by atoms with van der Waals surface area (Å²) >= 11 is 0. The van der Waals surface area contributed by atoms with E-state index < -0.39 is 0 Å². The van der Waals surface area contributed by atoms with Gasteiger partial charge in [-0.2, -0.15) is 0 Å². The van der Waals surface area contributed by atoms with E-state index in [4.69, 9.17) is 4.74 Å². The van der Waals surface area contributed by atoms with Crippen LogP contribution in [0.3, 0.4) is 0 Å². The molecule has 0 radical (unpaired) electrons. The van der Waals surface area contributed by atoms with Gasteiger partial charge in [-0.3, -0.25) is 0 Å². The molecule has 1 nitrogen and oxygen atoms in total. The minimum Gasteiger partial charge on any atom is -0.382 e. The third kappa shape index (κ3) is 17.9. The number of hydrogen-bond acceptors (Lipinski definition) is 1. The van der Waals surface area contributed by atoms with Crippen LogP contribution in [0.4, 0.5) is 0 Å². The van der Waals surface area contributed by atoms with E-state index in [1.165, 1.54) is 0 Å². The van der Waals surface area contributed by atoms with E-state index in [2.05, 4.69) is 0 Å². The molecule has 0 rings (SSSR count). The van der Waals surface area contributed by atoms with Crippen LogP contribution in [0.15, 0.2) is 0 Å². The molecule has 0 N–H and O–H groups in total. The van der Waals surface area contributed by atoms with Crippen molar-refractivity contribution < 1.29 is 34.3 Å². The second-order valence-electron chi connectivity index (χ2n) is 0.781. The summed E-state index contributed by atoms with van der Waals surface area (Å²) in [6.07, 6.45) is 0. The van der Waals surface area contributed by atoms with Crippen molar-refractivity contribution in [1.29, 1.82) is 0 Å². The maximum absolute atomic E-state index is 4.83. The number of hydrogen-bond donors (Lipinski definition) is 0. The van der Waals surface area contributed by atoms with Crippen LogP contribution in [0.1, 0.15) is 13.8 Å². The van der Waals surface area contributed by atoms with Crippen LogP contribution in [-0.4, -0.2) is 51.0 Å². The van der Waals surface area contributed by atoms with Crippen molar-refractivity contribution in [3.8, 4) is 0 Å². The van der Waals surface area contributed by atoms with Crippen molar-refractivity contribution in [2.24, 2.45) is 0 Å². The summed E-state index contributed by atoms with van der Waals surface area (Å²) in [5.41, 5.74) is 0. The van der Waals surface area contributed by atoms with Crippen molar-refractivity contribution in [3.05, 3.63) is 0 Å². The molecular weight excluding hydrogens is 127 g/mol. The molecule has 0 unspecified atom stereocenters. The summed E-state index contributed by atoms with van der Waals surface area (Å²) in [6.45, 7) is 5.67. The summed E-state index contributed by atoms with van der Waals surface area (Å²) in [5.74, 6) is 0. The van der Waals surface area contributed by atoms with Crippen LogP contribution in [0, 0.1) is 0 Å². The molecule has 0 aromatic carbocycles. The molecule has 0 aromatic heterocycles. The first-order valence-corrected chi connectivity index (χ1v) is 1.99. The number of ether oxygens (including phenoxy) is 1. The molecule has 0 spiro atoms. The second-order valence-corrected chi connectivity index (χ2v) is 0.781. The Bertz CT molecular complexity index is 19.2. The zero-order valence-corrected chi connectivity index (χ0v) is 9.74. The molecule has 7 heavy (non-hydrogen) atoms. The zero-order valence-electron chi connectivity index (χ0n) is 5.53. The van der Waals surface area contributed by atoms with Gasteiger partial charge in [0.1, 0.15) is 0 Å². The molecule has 0 fully saturated rings. The Morgan fingerprint density at radius 3 is 1.43 bits per heavy atom. The predicted octanol–water partition coefficient (Wildman–Crippen LogP) is -2.33. The van der Waals surface area contributed by atoms with E-state index in [9.17, 15) is 0 Å². The largest absolute Gasteiger partial charge is 2.00 e. The van der Waals surface area contributed by atoms with E-state index in [-0.39, 0.29) is 67.3 Å². The fourth-order valence-electron chi connectivity index (χ4n) is 0.204. The van der Waals surface area contributed by atoms with Crippen molar-refractivity contribution in [3.63, 3.8) is 0 Å². The van der Waals surface area contributed by atoms with Crippen LogP contribution >= 0.6 is 0 Å². The Balaban J connectivity index is -0.0000000800. The quantitative estimate of drug-likeness (QED) is 0.388. The molecular formula is C4H10CaNaO+3. The fourth-order valence-corrected chi connectivity index (χ4v) is 0.204. The Labute approximate surface area is 97.5 Å². The van der Waals surface area contributed by atoms with Gasteiger partial charge in [-0.05, 0) is 13.8 Å². The minimum absolute atomic E-state index is 0. The van der Waals surface area contributed by atoms with Crippen LogP contribution in [-0.2, 0) is 4.74 Å². The third-order valence-electron chi connectivity index (χ3n) is 0.408. The molecule has 0 heterocycles. The van der Waals surface area contributed by atoms with Crippen molar-refractivity contribution in [1.82, 2.24) is 0 Å². The summed E-state index contributed by atoms with van der Waals surface area (Å²) < 4.78 is 4.83. The topological polar surface area (TPSA) is 9.23 Å². The first kappa shape index (κ1) is 16.1. The predicted molar refractivity (Wildman–Crippen MR) is 27.9 cm³/mol. The first-order valence-electron chi connectivity index (χ1n) is 1.99. The minimum atomic E-state index is 0. The van der Waals surface area contributed by atoms with Gasteiger partial charge in [-0.1, -0.05) is 0 Å². The van der Waals surface area contributed by atoms with Crippen LogP contribution in [0.2, 0.25) is 0 Å². The fraction of sp³-hybridized carbons (Fsp3) is 1.00. The van der Waals surface area contributed by atoms with Gasteiger partial charge in [0, 0.05) is 13.2 Å². The molecule has 0 aromatic rings.